The molecule has 0 unspecified atom stereocenters. The Balaban J connectivity index is 1.58. The molecule has 0 radical (unpaired) electrons. The van der Waals surface area contributed by atoms with E-state index in [0.717, 1.165) is 10.6 Å². The third kappa shape index (κ3) is 4.45. The Bertz CT molecular complexity index is 840. The molecule has 0 bridgehead atoms. The van der Waals surface area contributed by atoms with E-state index in [4.69, 9.17) is 9.47 Å². The molecule has 2 aromatic rings. The fraction of sp³-hybridized carbons (Fsp3) is 0.412. The molecule has 27 heavy (non-hydrogen) atoms. The van der Waals surface area contributed by atoms with Crippen molar-refractivity contribution in [1.29, 1.82) is 0 Å². The number of rotatable bonds is 6. The summed E-state index contributed by atoms with van der Waals surface area (Å²) < 4.78 is 10.5. The Kier molecular flexibility index (Phi) is 5.75. The van der Waals surface area contributed by atoms with Crippen LogP contribution >= 0.6 is 11.3 Å². The topological polar surface area (TPSA) is 106 Å². The number of nitrogens with one attached hydrogen (secondary N) is 2. The summed E-state index contributed by atoms with van der Waals surface area (Å²) in [6.07, 6.45) is 1.15. The van der Waals surface area contributed by atoms with Gasteiger partial charge in [0.25, 0.3) is 0 Å². The quantitative estimate of drug-likeness (QED) is 0.773. The van der Waals surface area contributed by atoms with Crippen LogP contribution in [0.4, 0.5) is 9.93 Å². The molecule has 1 fully saturated rings. The van der Waals surface area contributed by atoms with E-state index in [2.05, 4.69) is 20.8 Å². The number of amides is 3. The van der Waals surface area contributed by atoms with Gasteiger partial charge in [0.1, 0.15) is 11.0 Å². The molecular weight excluding hydrogens is 370 g/mol. The van der Waals surface area contributed by atoms with Crippen molar-refractivity contribution in [1.82, 2.24) is 20.4 Å². The molecule has 3 rings (SSSR count). The summed E-state index contributed by atoms with van der Waals surface area (Å²) in [5, 5.41) is 14.5. The highest BCUT2D eigenvalue weighted by Gasteiger charge is 2.30. The monoisotopic (exact) mass is 391 g/mol. The number of carbonyl (C=O) groups excluding carboxylic acids is 2. The van der Waals surface area contributed by atoms with Gasteiger partial charge in [-0.2, -0.15) is 0 Å². The highest BCUT2D eigenvalue weighted by Crippen LogP contribution is 2.29. The fourth-order valence-electron chi connectivity index (χ4n) is 2.79. The average molecular weight is 391 g/mol. The minimum Gasteiger partial charge on any atom is -0.493 e. The lowest BCUT2D eigenvalue weighted by Crippen LogP contribution is -2.42. The van der Waals surface area contributed by atoms with Gasteiger partial charge in [0.15, 0.2) is 11.5 Å². The zero-order valence-electron chi connectivity index (χ0n) is 15.3. The van der Waals surface area contributed by atoms with Crippen molar-refractivity contribution >= 4 is 28.4 Å². The number of likely N-dealkylation sites (tertiary alicyclic amines) is 1. The van der Waals surface area contributed by atoms with Gasteiger partial charge in [-0.3, -0.25) is 10.1 Å². The number of ether oxygens (including phenoxy) is 2. The second-order valence-corrected chi connectivity index (χ2v) is 7.13. The number of urea groups is 1. The van der Waals surface area contributed by atoms with Crippen LogP contribution in [-0.4, -0.2) is 60.9 Å². The number of nitrogens with zero attached hydrogens (tertiary/aromatic N) is 3. The van der Waals surface area contributed by atoms with Gasteiger partial charge in [0.05, 0.1) is 14.2 Å². The fourth-order valence-corrected chi connectivity index (χ4v) is 3.56. The summed E-state index contributed by atoms with van der Waals surface area (Å²) in [5.74, 6) is 1.21. The number of hydrogen-bond acceptors (Lipinski definition) is 7. The van der Waals surface area contributed by atoms with Crippen LogP contribution in [0.1, 0.15) is 17.0 Å². The van der Waals surface area contributed by atoms with Crippen LogP contribution in [0.3, 0.4) is 0 Å². The van der Waals surface area contributed by atoms with Gasteiger partial charge in [0.2, 0.25) is 11.0 Å². The lowest BCUT2D eigenvalue weighted by Gasteiger charge is -2.11. The molecule has 1 aliphatic rings. The molecule has 2 heterocycles. The molecule has 144 valence electrons. The van der Waals surface area contributed by atoms with Crippen molar-refractivity contribution in [2.45, 2.75) is 18.9 Å². The molecule has 1 saturated heterocycles. The Morgan fingerprint density at radius 3 is 2.74 bits per heavy atom. The van der Waals surface area contributed by atoms with E-state index in [0.29, 0.717) is 36.0 Å². The maximum absolute atomic E-state index is 12.1. The van der Waals surface area contributed by atoms with Crippen LogP contribution in [-0.2, 0) is 11.2 Å². The van der Waals surface area contributed by atoms with Gasteiger partial charge in [0, 0.05) is 20.0 Å². The molecule has 1 aliphatic heterocycles. The third-order valence-electron chi connectivity index (χ3n) is 4.22. The Hall–Kier alpha value is -2.88. The van der Waals surface area contributed by atoms with Gasteiger partial charge in [-0.05, 0) is 24.1 Å². The number of hydrogen-bond donors (Lipinski definition) is 2. The number of carbonyl (C=O) groups is 2. The van der Waals surface area contributed by atoms with Gasteiger partial charge >= 0.3 is 6.03 Å². The lowest BCUT2D eigenvalue weighted by atomic mass is 10.1. The Labute approximate surface area is 160 Å². The van der Waals surface area contributed by atoms with E-state index in [1.165, 1.54) is 11.3 Å². The van der Waals surface area contributed by atoms with Crippen molar-refractivity contribution in [3.05, 3.63) is 28.8 Å². The van der Waals surface area contributed by atoms with Gasteiger partial charge in [-0.1, -0.05) is 17.4 Å². The van der Waals surface area contributed by atoms with Crippen molar-refractivity contribution in [3.63, 3.8) is 0 Å². The first-order valence-corrected chi connectivity index (χ1v) is 9.17. The SMILES string of the molecule is COc1ccc(Cc2nnc(NC(=O)N[C@@H]3CCN(C)C3=O)s2)cc1OC. The molecule has 0 saturated carbocycles. The van der Waals surface area contributed by atoms with Crippen molar-refractivity contribution in [2.75, 3.05) is 33.1 Å². The Morgan fingerprint density at radius 2 is 2.07 bits per heavy atom. The van der Waals surface area contributed by atoms with E-state index < -0.39 is 12.1 Å². The van der Waals surface area contributed by atoms with Crippen molar-refractivity contribution < 1.29 is 19.1 Å². The molecular formula is C17H21N5O4S. The van der Waals surface area contributed by atoms with Crippen molar-refractivity contribution in [2.24, 2.45) is 0 Å². The van der Waals surface area contributed by atoms with Crippen LogP contribution in [0.15, 0.2) is 18.2 Å². The summed E-state index contributed by atoms with van der Waals surface area (Å²) >= 11 is 1.28. The minimum atomic E-state index is -0.492. The molecule has 2 N–H and O–H groups in total. The van der Waals surface area contributed by atoms with Crippen molar-refractivity contribution in [3.8, 4) is 11.5 Å². The highest BCUT2D eigenvalue weighted by molar-refractivity contribution is 7.15. The molecule has 1 atom stereocenters. The van der Waals surface area contributed by atoms with Gasteiger partial charge < -0.3 is 19.7 Å². The average Bonchev–Trinajstić information content (AvgIpc) is 3.22. The largest absolute Gasteiger partial charge is 0.493 e. The van der Waals surface area contributed by atoms with E-state index in [9.17, 15) is 9.59 Å². The summed E-state index contributed by atoms with van der Waals surface area (Å²) in [5.41, 5.74) is 0.986. The summed E-state index contributed by atoms with van der Waals surface area (Å²) in [6.45, 7) is 0.637. The number of aromatic nitrogens is 2. The maximum Gasteiger partial charge on any atom is 0.321 e. The van der Waals surface area contributed by atoms with E-state index in [-0.39, 0.29) is 5.91 Å². The summed E-state index contributed by atoms with van der Waals surface area (Å²) in [7, 11) is 4.88. The number of anilines is 1. The number of methoxy groups -OCH3 is 2. The van der Waals surface area contributed by atoms with Crippen LogP contribution in [0.25, 0.3) is 0 Å². The van der Waals surface area contributed by atoms with Gasteiger partial charge in [-0.25, -0.2) is 4.79 Å². The first-order valence-electron chi connectivity index (χ1n) is 8.36. The lowest BCUT2D eigenvalue weighted by molar-refractivity contribution is -0.128. The highest BCUT2D eigenvalue weighted by atomic mass is 32.1. The van der Waals surface area contributed by atoms with E-state index >= 15 is 0 Å². The van der Waals surface area contributed by atoms with Crippen LogP contribution in [0.2, 0.25) is 0 Å². The second-order valence-electron chi connectivity index (χ2n) is 6.07. The van der Waals surface area contributed by atoms with E-state index in [1.54, 1.807) is 26.2 Å². The standard InChI is InChI=1S/C17H21N5O4S/c1-22-7-6-11(15(22)23)18-16(24)19-17-21-20-14(27-17)9-10-4-5-12(25-2)13(8-10)26-3/h4-5,8,11H,6-7,9H2,1-3H3,(H2,18,19,21,24)/t11-/m1/s1. The molecule has 0 aliphatic carbocycles. The van der Waals surface area contributed by atoms with Crippen LogP contribution in [0, 0.1) is 0 Å². The second kappa shape index (κ2) is 8.21. The Morgan fingerprint density at radius 1 is 1.30 bits per heavy atom. The molecule has 1 aromatic carbocycles. The summed E-state index contributed by atoms with van der Waals surface area (Å²) in [6, 6.07) is 4.68. The van der Waals surface area contributed by atoms with Crippen LogP contribution < -0.4 is 20.1 Å². The van der Waals surface area contributed by atoms with Crippen LogP contribution in [0.5, 0.6) is 11.5 Å². The first-order chi connectivity index (χ1) is 13.0. The third-order valence-corrected chi connectivity index (χ3v) is 5.06. The van der Waals surface area contributed by atoms with Gasteiger partial charge in [-0.15, -0.1) is 10.2 Å². The molecule has 3 amide bonds. The molecule has 9 nitrogen and oxygen atoms in total. The normalized spacial score (nSPS) is 16.3. The minimum absolute atomic E-state index is 0.0865. The molecule has 10 heteroatoms. The number of benzene rings is 1. The van der Waals surface area contributed by atoms with E-state index in [1.807, 2.05) is 18.2 Å². The zero-order valence-corrected chi connectivity index (χ0v) is 16.1. The smallest absolute Gasteiger partial charge is 0.321 e. The molecule has 0 spiro atoms. The zero-order chi connectivity index (χ0) is 19.4. The predicted octanol–water partition coefficient (Wildman–Crippen LogP) is 1.50. The first kappa shape index (κ1) is 18.9. The maximum atomic E-state index is 12.1. The summed E-state index contributed by atoms with van der Waals surface area (Å²) in [4.78, 5) is 25.5. The number of likely N-dealkylation sites (N-methyl/N-ethyl adjacent to an activating group) is 1. The molecule has 1 aromatic heterocycles. The predicted molar refractivity (Wildman–Crippen MR) is 100 cm³/mol.